The van der Waals surface area contributed by atoms with Crippen molar-refractivity contribution < 1.29 is 9.59 Å². The van der Waals surface area contributed by atoms with Crippen molar-refractivity contribution in [1.82, 2.24) is 10.2 Å². The molecule has 0 aliphatic heterocycles. The van der Waals surface area contributed by atoms with E-state index in [-0.39, 0.29) is 17.7 Å². The number of carbonyl (C=O) groups is 2. The first-order valence-corrected chi connectivity index (χ1v) is 11.2. The quantitative estimate of drug-likeness (QED) is 0.438. The van der Waals surface area contributed by atoms with Gasteiger partial charge in [0.25, 0.3) is 0 Å². The molecule has 4 nitrogen and oxygen atoms in total. The van der Waals surface area contributed by atoms with E-state index in [0.717, 1.165) is 16.7 Å². The van der Waals surface area contributed by atoms with Crippen LogP contribution in [-0.4, -0.2) is 16.7 Å². The van der Waals surface area contributed by atoms with Gasteiger partial charge in [0.2, 0.25) is 11.8 Å². The van der Waals surface area contributed by atoms with Gasteiger partial charge in [-0.05, 0) is 41.0 Å². The average molecular weight is 469 g/mol. The van der Waals surface area contributed by atoms with Crippen LogP contribution in [0.25, 0.3) is 0 Å². The summed E-state index contributed by atoms with van der Waals surface area (Å²) in [4.78, 5) is 28.3. The van der Waals surface area contributed by atoms with E-state index in [1.165, 1.54) is 0 Å². The maximum Gasteiger partial charge on any atom is 0.247 e. The van der Waals surface area contributed by atoms with Crippen LogP contribution in [0.5, 0.6) is 0 Å². The molecule has 166 valence electrons. The van der Waals surface area contributed by atoms with Crippen molar-refractivity contribution >= 4 is 35.0 Å². The van der Waals surface area contributed by atoms with E-state index in [9.17, 15) is 9.59 Å². The Kier molecular flexibility index (Phi) is 8.32. The van der Waals surface area contributed by atoms with Crippen molar-refractivity contribution in [3.63, 3.8) is 0 Å². The first-order valence-electron chi connectivity index (χ1n) is 10.5. The highest BCUT2D eigenvalue weighted by atomic mass is 35.5. The van der Waals surface area contributed by atoms with Crippen LogP contribution < -0.4 is 5.32 Å². The number of rotatable bonds is 8. The van der Waals surface area contributed by atoms with Gasteiger partial charge in [-0.1, -0.05) is 91.6 Å². The summed E-state index contributed by atoms with van der Waals surface area (Å²) < 4.78 is 0. The molecule has 0 aliphatic rings. The summed E-state index contributed by atoms with van der Waals surface area (Å²) in [7, 11) is 0. The van der Waals surface area contributed by atoms with Gasteiger partial charge >= 0.3 is 0 Å². The molecule has 3 aromatic carbocycles. The Morgan fingerprint density at radius 2 is 1.34 bits per heavy atom. The number of hydrogen-bond acceptors (Lipinski definition) is 2. The second-order valence-corrected chi connectivity index (χ2v) is 8.78. The topological polar surface area (TPSA) is 49.4 Å². The van der Waals surface area contributed by atoms with Crippen LogP contribution in [0.1, 0.15) is 36.6 Å². The smallest absolute Gasteiger partial charge is 0.247 e. The lowest BCUT2D eigenvalue weighted by atomic mass is 10.0. The highest BCUT2D eigenvalue weighted by molar-refractivity contribution is 6.30. The molecule has 0 saturated carbocycles. The molecule has 0 bridgehead atoms. The van der Waals surface area contributed by atoms with Crippen LogP contribution in [0.3, 0.4) is 0 Å². The Morgan fingerprint density at radius 3 is 1.88 bits per heavy atom. The van der Waals surface area contributed by atoms with Crippen molar-refractivity contribution in [1.29, 1.82) is 0 Å². The molecule has 1 N–H and O–H groups in total. The summed E-state index contributed by atoms with van der Waals surface area (Å²) in [5.74, 6) is -0.609. The van der Waals surface area contributed by atoms with E-state index in [0.29, 0.717) is 23.1 Å². The third kappa shape index (κ3) is 6.35. The molecule has 32 heavy (non-hydrogen) atoms. The fourth-order valence-electron chi connectivity index (χ4n) is 3.41. The molecule has 0 aromatic heterocycles. The highest BCUT2D eigenvalue weighted by Gasteiger charge is 2.32. The third-order valence-electron chi connectivity index (χ3n) is 5.10. The summed E-state index contributed by atoms with van der Waals surface area (Å²) in [5.41, 5.74) is 2.58. The van der Waals surface area contributed by atoms with Gasteiger partial charge in [0.05, 0.1) is 0 Å². The Labute approximate surface area is 199 Å². The predicted molar refractivity (Wildman–Crippen MR) is 129 cm³/mol. The zero-order valence-corrected chi connectivity index (χ0v) is 19.6. The normalized spacial score (nSPS) is 11.8. The molecular weight excluding hydrogens is 443 g/mol. The second kappa shape index (κ2) is 11.2. The van der Waals surface area contributed by atoms with Crippen molar-refractivity contribution in [3.05, 3.63) is 106 Å². The van der Waals surface area contributed by atoms with E-state index in [4.69, 9.17) is 23.2 Å². The number of carbonyl (C=O) groups excluding carboxylic acids is 2. The van der Waals surface area contributed by atoms with Gasteiger partial charge < -0.3 is 10.2 Å². The first-order chi connectivity index (χ1) is 15.3. The molecule has 0 radical (unpaired) electrons. The number of hydrogen-bond donors (Lipinski definition) is 1. The Hall–Kier alpha value is -2.82. The zero-order chi connectivity index (χ0) is 23.1. The van der Waals surface area contributed by atoms with Gasteiger partial charge in [0.15, 0.2) is 0 Å². The van der Waals surface area contributed by atoms with Crippen LogP contribution in [0.15, 0.2) is 78.9 Å². The summed E-state index contributed by atoms with van der Waals surface area (Å²) in [6.45, 7) is 4.31. The van der Waals surface area contributed by atoms with Crippen LogP contribution in [0, 0.1) is 5.92 Å². The molecule has 1 atom stereocenters. The molecule has 3 rings (SSSR count). The minimum Gasteiger partial charge on any atom is -0.350 e. The third-order valence-corrected chi connectivity index (χ3v) is 5.60. The Morgan fingerprint density at radius 1 is 0.812 bits per heavy atom. The van der Waals surface area contributed by atoms with Crippen molar-refractivity contribution in [2.75, 3.05) is 0 Å². The largest absolute Gasteiger partial charge is 0.350 e. The van der Waals surface area contributed by atoms with Gasteiger partial charge in [0, 0.05) is 29.1 Å². The number of nitrogens with zero attached hydrogens (tertiary/aromatic N) is 1. The van der Waals surface area contributed by atoms with Crippen LogP contribution >= 0.6 is 23.2 Å². The molecule has 0 unspecified atom stereocenters. The summed E-state index contributed by atoms with van der Waals surface area (Å²) in [5, 5.41) is 4.25. The van der Waals surface area contributed by atoms with Gasteiger partial charge in [-0.2, -0.15) is 0 Å². The van der Waals surface area contributed by atoms with E-state index < -0.39 is 6.04 Å². The molecular formula is C26H26Cl2N2O2. The van der Waals surface area contributed by atoms with Crippen LogP contribution in [-0.2, 0) is 22.7 Å². The number of nitrogens with one attached hydrogen (secondary N) is 1. The summed E-state index contributed by atoms with van der Waals surface area (Å²) >= 11 is 12.0. The minimum absolute atomic E-state index is 0.101. The van der Waals surface area contributed by atoms with Crippen molar-refractivity contribution in [2.24, 2.45) is 5.92 Å². The maximum atomic E-state index is 13.4. The van der Waals surface area contributed by atoms with Crippen LogP contribution in [0.2, 0.25) is 10.0 Å². The van der Waals surface area contributed by atoms with E-state index in [1.54, 1.807) is 29.2 Å². The number of benzene rings is 3. The molecule has 0 fully saturated rings. The van der Waals surface area contributed by atoms with E-state index in [2.05, 4.69) is 5.32 Å². The lowest BCUT2D eigenvalue weighted by molar-refractivity contribution is -0.144. The molecule has 0 spiro atoms. The first kappa shape index (κ1) is 23.8. The van der Waals surface area contributed by atoms with Gasteiger partial charge in [0.1, 0.15) is 6.04 Å². The lowest BCUT2D eigenvalue weighted by Crippen LogP contribution is -2.44. The number of halogens is 2. The maximum absolute atomic E-state index is 13.4. The molecule has 2 amide bonds. The van der Waals surface area contributed by atoms with Gasteiger partial charge in [-0.25, -0.2) is 0 Å². The molecule has 0 aliphatic carbocycles. The summed E-state index contributed by atoms with van der Waals surface area (Å²) in [6, 6.07) is 23.2. The molecule has 0 heterocycles. The Balaban J connectivity index is 1.92. The van der Waals surface area contributed by atoms with Crippen LogP contribution in [0.4, 0.5) is 0 Å². The average Bonchev–Trinajstić information content (AvgIpc) is 2.79. The van der Waals surface area contributed by atoms with E-state index in [1.807, 2.05) is 68.4 Å². The molecule has 0 saturated heterocycles. The second-order valence-electron chi connectivity index (χ2n) is 7.90. The fourth-order valence-corrected chi connectivity index (χ4v) is 3.66. The lowest BCUT2D eigenvalue weighted by Gasteiger charge is -2.33. The monoisotopic (exact) mass is 468 g/mol. The zero-order valence-electron chi connectivity index (χ0n) is 18.1. The molecule has 6 heteroatoms. The fraction of sp³-hybridized carbons (Fsp3) is 0.231. The number of amides is 2. The van der Waals surface area contributed by atoms with E-state index >= 15 is 0 Å². The van der Waals surface area contributed by atoms with Gasteiger partial charge in [-0.15, -0.1) is 0 Å². The summed E-state index contributed by atoms with van der Waals surface area (Å²) in [6.07, 6.45) is 0. The predicted octanol–water partition coefficient (Wildman–Crippen LogP) is 6.04. The standard InChI is InChI=1S/C26H26Cl2N2O2/c1-18(2)26(32)30(17-20-10-14-23(28)15-11-20)24(21-6-4-3-5-7-21)25(31)29-16-19-8-12-22(27)13-9-19/h3-15,18,24H,16-17H2,1-2H3,(H,29,31)/t24-/m1/s1. The minimum atomic E-state index is -0.769. The Bertz CT molecular complexity index is 1040. The van der Waals surface area contributed by atoms with Crippen molar-refractivity contribution in [3.8, 4) is 0 Å². The SMILES string of the molecule is CC(C)C(=O)N(Cc1ccc(Cl)cc1)[C@@H](C(=O)NCc1ccc(Cl)cc1)c1ccccc1. The highest BCUT2D eigenvalue weighted by Crippen LogP contribution is 2.26. The molecule has 3 aromatic rings. The van der Waals surface area contributed by atoms with Gasteiger partial charge in [-0.3, -0.25) is 9.59 Å². The van der Waals surface area contributed by atoms with Crippen molar-refractivity contribution in [2.45, 2.75) is 33.0 Å².